The molecule has 0 radical (unpaired) electrons. The zero-order valence-electron chi connectivity index (χ0n) is 14.9. The second-order valence-electron chi connectivity index (χ2n) is 6.13. The summed E-state index contributed by atoms with van der Waals surface area (Å²) < 4.78 is 76.8. The molecule has 152 valence electrons. The molecule has 0 spiro atoms. The van der Waals surface area contributed by atoms with Crippen LogP contribution < -0.4 is 15.2 Å². The van der Waals surface area contributed by atoms with Gasteiger partial charge in [-0.1, -0.05) is 42.5 Å². The van der Waals surface area contributed by atoms with Crippen LogP contribution in [0.25, 0.3) is 0 Å². The van der Waals surface area contributed by atoms with Crippen LogP contribution in [0, 0.1) is 0 Å². The molecule has 2 N–H and O–H groups in total. The van der Waals surface area contributed by atoms with E-state index >= 15 is 0 Å². The van der Waals surface area contributed by atoms with E-state index in [0.717, 1.165) is 12.1 Å². The van der Waals surface area contributed by atoms with Crippen molar-refractivity contribution >= 4 is 0 Å². The lowest BCUT2D eigenvalue weighted by Gasteiger charge is -2.26. The maximum Gasteiger partial charge on any atom is 0.455 e. The summed E-state index contributed by atoms with van der Waals surface area (Å²) in [6, 6.07) is 17.6. The molecule has 0 amide bonds. The molecule has 0 saturated carbocycles. The standard InChI is InChI=1S/C21H16F5NO2/c22-20(23,21(24,25)26)19(27)14-11-12-17(28-15-7-3-1-4-8-15)18(13-14)29-16-9-5-2-6-10-16/h1-13,19H,27H2/t19-/m0/s1. The third kappa shape index (κ3) is 4.65. The highest BCUT2D eigenvalue weighted by Crippen LogP contribution is 2.45. The minimum absolute atomic E-state index is 0.0500. The first-order chi connectivity index (χ1) is 13.7. The highest BCUT2D eigenvalue weighted by molar-refractivity contribution is 5.48. The lowest BCUT2D eigenvalue weighted by atomic mass is 10.0. The molecule has 0 saturated heterocycles. The van der Waals surface area contributed by atoms with Gasteiger partial charge in [0, 0.05) is 0 Å². The van der Waals surface area contributed by atoms with Gasteiger partial charge in [0.05, 0.1) is 0 Å². The molecular weight excluding hydrogens is 393 g/mol. The first-order valence-electron chi connectivity index (χ1n) is 8.48. The number of benzene rings is 3. The van der Waals surface area contributed by atoms with Gasteiger partial charge in [0.1, 0.15) is 17.5 Å². The van der Waals surface area contributed by atoms with E-state index in [-0.39, 0.29) is 11.5 Å². The molecule has 0 fully saturated rings. The van der Waals surface area contributed by atoms with Gasteiger partial charge in [0.25, 0.3) is 0 Å². The van der Waals surface area contributed by atoms with E-state index < -0.39 is 23.7 Å². The fourth-order valence-corrected chi connectivity index (χ4v) is 2.50. The van der Waals surface area contributed by atoms with Gasteiger partial charge >= 0.3 is 12.1 Å². The summed E-state index contributed by atoms with van der Waals surface area (Å²) in [5.74, 6) is -4.25. The van der Waals surface area contributed by atoms with Crippen LogP contribution in [-0.2, 0) is 0 Å². The average Bonchev–Trinajstić information content (AvgIpc) is 2.69. The van der Waals surface area contributed by atoms with Crippen LogP contribution >= 0.6 is 0 Å². The van der Waals surface area contributed by atoms with Crippen molar-refractivity contribution in [2.75, 3.05) is 0 Å². The number of hydrogen-bond donors (Lipinski definition) is 1. The lowest BCUT2D eigenvalue weighted by Crippen LogP contribution is -2.45. The molecule has 3 rings (SSSR count). The zero-order valence-corrected chi connectivity index (χ0v) is 14.9. The molecule has 0 heterocycles. The second-order valence-corrected chi connectivity index (χ2v) is 6.13. The van der Waals surface area contributed by atoms with Crippen molar-refractivity contribution < 1.29 is 31.4 Å². The summed E-state index contributed by atoms with van der Waals surface area (Å²) in [5, 5.41) is 0. The van der Waals surface area contributed by atoms with E-state index in [1.165, 1.54) is 6.07 Å². The van der Waals surface area contributed by atoms with Gasteiger partial charge in [0.15, 0.2) is 11.5 Å². The summed E-state index contributed by atoms with van der Waals surface area (Å²) in [6.45, 7) is 0. The van der Waals surface area contributed by atoms with Crippen LogP contribution in [0.15, 0.2) is 78.9 Å². The molecular formula is C21H16F5NO2. The number of ether oxygens (including phenoxy) is 2. The van der Waals surface area contributed by atoms with Crippen molar-refractivity contribution in [3.05, 3.63) is 84.4 Å². The van der Waals surface area contributed by atoms with Crippen LogP contribution in [-0.4, -0.2) is 12.1 Å². The second kappa shape index (κ2) is 8.08. The van der Waals surface area contributed by atoms with Crippen molar-refractivity contribution in [2.45, 2.75) is 18.1 Å². The Morgan fingerprint density at radius 3 is 1.62 bits per heavy atom. The number of rotatable bonds is 6. The average molecular weight is 409 g/mol. The van der Waals surface area contributed by atoms with Crippen molar-refractivity contribution in [3.63, 3.8) is 0 Å². The van der Waals surface area contributed by atoms with Gasteiger partial charge in [-0.25, -0.2) is 0 Å². The molecule has 3 nitrogen and oxygen atoms in total. The molecule has 0 bridgehead atoms. The smallest absolute Gasteiger partial charge is 0.453 e. The Morgan fingerprint density at radius 2 is 1.14 bits per heavy atom. The lowest BCUT2D eigenvalue weighted by molar-refractivity contribution is -0.291. The SMILES string of the molecule is N[C@@H](c1ccc(Oc2ccccc2)c(Oc2ccccc2)c1)C(F)(F)C(F)(F)F. The quantitative estimate of drug-likeness (QED) is 0.475. The molecule has 0 aliphatic carbocycles. The fraction of sp³-hybridized carbons (Fsp3) is 0.143. The van der Waals surface area contributed by atoms with Gasteiger partial charge in [0.2, 0.25) is 0 Å². The van der Waals surface area contributed by atoms with E-state index in [4.69, 9.17) is 15.2 Å². The molecule has 29 heavy (non-hydrogen) atoms. The summed E-state index contributed by atoms with van der Waals surface area (Å²) >= 11 is 0. The molecule has 0 aliphatic rings. The predicted molar refractivity (Wildman–Crippen MR) is 97.4 cm³/mol. The molecule has 1 atom stereocenters. The monoisotopic (exact) mass is 409 g/mol. The Bertz CT molecular complexity index is 946. The van der Waals surface area contributed by atoms with Crippen LogP contribution in [0.4, 0.5) is 22.0 Å². The Balaban J connectivity index is 1.99. The summed E-state index contributed by atoms with van der Waals surface area (Å²) in [7, 11) is 0. The predicted octanol–water partition coefficient (Wildman–Crippen LogP) is 6.47. The minimum atomic E-state index is -5.79. The van der Waals surface area contributed by atoms with Gasteiger partial charge < -0.3 is 15.2 Å². The maximum absolute atomic E-state index is 13.7. The number of halogens is 5. The van der Waals surface area contributed by atoms with E-state index in [0.29, 0.717) is 11.5 Å². The summed E-state index contributed by atoms with van der Waals surface area (Å²) in [6.07, 6.45) is -5.79. The largest absolute Gasteiger partial charge is 0.455 e. The molecule has 0 aliphatic heterocycles. The molecule has 0 aromatic heterocycles. The van der Waals surface area contributed by atoms with Crippen LogP contribution in [0.1, 0.15) is 11.6 Å². The van der Waals surface area contributed by atoms with Crippen molar-refractivity contribution in [2.24, 2.45) is 5.73 Å². The van der Waals surface area contributed by atoms with Crippen molar-refractivity contribution in [3.8, 4) is 23.0 Å². The summed E-state index contributed by atoms with van der Waals surface area (Å²) in [5.41, 5.74) is 4.81. The first-order valence-corrected chi connectivity index (χ1v) is 8.48. The third-order valence-electron chi connectivity index (χ3n) is 4.04. The van der Waals surface area contributed by atoms with Gasteiger partial charge in [-0.15, -0.1) is 0 Å². The highest BCUT2D eigenvalue weighted by atomic mass is 19.4. The van der Waals surface area contributed by atoms with Crippen LogP contribution in [0.3, 0.4) is 0 Å². The topological polar surface area (TPSA) is 44.5 Å². The van der Waals surface area contributed by atoms with E-state index in [1.54, 1.807) is 60.7 Å². The number of alkyl halides is 5. The number of para-hydroxylation sites is 2. The molecule has 3 aromatic rings. The Morgan fingerprint density at radius 1 is 0.655 bits per heavy atom. The number of nitrogens with two attached hydrogens (primary N) is 1. The van der Waals surface area contributed by atoms with E-state index in [2.05, 4.69) is 0 Å². The summed E-state index contributed by atoms with van der Waals surface area (Å²) in [4.78, 5) is 0. The van der Waals surface area contributed by atoms with Gasteiger partial charge in [-0.3, -0.25) is 0 Å². The first kappa shape index (κ1) is 20.6. The normalized spacial score (nSPS) is 13.0. The zero-order chi connectivity index (χ0) is 21.1. The van der Waals surface area contributed by atoms with Crippen molar-refractivity contribution in [1.29, 1.82) is 0 Å². The third-order valence-corrected chi connectivity index (χ3v) is 4.04. The van der Waals surface area contributed by atoms with Gasteiger partial charge in [-0.05, 0) is 42.0 Å². The maximum atomic E-state index is 13.7. The number of hydrogen-bond acceptors (Lipinski definition) is 3. The Labute approximate surface area is 163 Å². The van der Waals surface area contributed by atoms with Crippen LogP contribution in [0.2, 0.25) is 0 Å². The van der Waals surface area contributed by atoms with Crippen molar-refractivity contribution in [1.82, 2.24) is 0 Å². The minimum Gasteiger partial charge on any atom is -0.453 e. The van der Waals surface area contributed by atoms with E-state index in [1.807, 2.05) is 0 Å². The Hall–Kier alpha value is -3.13. The Kier molecular flexibility index (Phi) is 5.74. The fourth-order valence-electron chi connectivity index (χ4n) is 2.50. The van der Waals surface area contributed by atoms with E-state index in [9.17, 15) is 22.0 Å². The highest BCUT2D eigenvalue weighted by Gasteiger charge is 2.61. The molecule has 3 aromatic carbocycles. The molecule has 8 heteroatoms. The van der Waals surface area contributed by atoms with Gasteiger partial charge in [-0.2, -0.15) is 22.0 Å². The molecule has 0 unspecified atom stereocenters. The van der Waals surface area contributed by atoms with Crippen LogP contribution in [0.5, 0.6) is 23.0 Å².